The molecule has 1 rings (SSSR count). The minimum atomic E-state index is -1.14. The molecule has 0 aliphatic rings. The summed E-state index contributed by atoms with van der Waals surface area (Å²) in [6.07, 6.45) is 0.346. The van der Waals surface area contributed by atoms with E-state index in [2.05, 4.69) is 10.6 Å². The van der Waals surface area contributed by atoms with Crippen molar-refractivity contribution in [3.8, 4) is 0 Å². The maximum absolute atomic E-state index is 11.8. The summed E-state index contributed by atoms with van der Waals surface area (Å²) in [7, 11) is 1.52. The molecule has 1 unspecified atom stereocenters. The van der Waals surface area contributed by atoms with Crippen molar-refractivity contribution in [2.45, 2.75) is 25.9 Å². The summed E-state index contributed by atoms with van der Waals surface area (Å²) in [5, 5.41) is 15.3. The highest BCUT2D eigenvalue weighted by Gasteiger charge is 2.23. The van der Waals surface area contributed by atoms with Gasteiger partial charge in [0.05, 0.1) is 5.60 Å². The van der Waals surface area contributed by atoms with Crippen LogP contribution >= 0.6 is 11.6 Å². The van der Waals surface area contributed by atoms with Gasteiger partial charge in [-0.05, 0) is 31.5 Å². The molecule has 0 saturated heterocycles. The lowest BCUT2D eigenvalue weighted by Crippen LogP contribution is -2.45. The van der Waals surface area contributed by atoms with E-state index in [1.165, 1.54) is 7.11 Å². The van der Waals surface area contributed by atoms with Gasteiger partial charge in [-0.25, -0.2) is 0 Å². The third-order valence-electron chi connectivity index (χ3n) is 3.11. The van der Waals surface area contributed by atoms with Crippen molar-refractivity contribution in [1.82, 2.24) is 5.32 Å². The van der Waals surface area contributed by atoms with Gasteiger partial charge in [0.2, 0.25) is 0 Å². The molecular formula is C15H21ClN2O4. The minimum absolute atomic E-state index is 0.0444. The molecule has 0 aliphatic heterocycles. The van der Waals surface area contributed by atoms with E-state index >= 15 is 0 Å². The monoisotopic (exact) mass is 328 g/mol. The third-order valence-corrected chi connectivity index (χ3v) is 3.52. The van der Waals surface area contributed by atoms with Crippen molar-refractivity contribution in [3.05, 3.63) is 28.8 Å². The van der Waals surface area contributed by atoms with Crippen molar-refractivity contribution in [2.24, 2.45) is 0 Å². The summed E-state index contributed by atoms with van der Waals surface area (Å²) >= 11 is 5.95. The lowest BCUT2D eigenvalue weighted by Gasteiger charge is -2.22. The van der Waals surface area contributed by atoms with E-state index in [1.807, 2.05) is 6.92 Å². The fraction of sp³-hybridized carbons (Fsp3) is 0.467. The molecule has 0 aliphatic carbocycles. The minimum Gasteiger partial charge on any atom is -0.388 e. The predicted octanol–water partition coefficient (Wildman–Crippen LogP) is 1.49. The first kappa shape index (κ1) is 18.4. The average Bonchev–Trinajstić information content (AvgIpc) is 2.46. The first-order valence-electron chi connectivity index (χ1n) is 6.82. The van der Waals surface area contributed by atoms with Gasteiger partial charge in [-0.15, -0.1) is 0 Å². The zero-order valence-electron chi connectivity index (χ0n) is 12.9. The molecule has 1 aromatic rings. The molecule has 0 fully saturated rings. The molecule has 0 saturated carbocycles. The molecule has 0 radical (unpaired) electrons. The molecular weight excluding hydrogens is 308 g/mol. The molecule has 0 aromatic heterocycles. The van der Waals surface area contributed by atoms with Gasteiger partial charge in [0.15, 0.2) is 0 Å². The van der Waals surface area contributed by atoms with Crippen molar-refractivity contribution in [3.63, 3.8) is 0 Å². The summed E-state index contributed by atoms with van der Waals surface area (Å²) in [6, 6.07) is 4.96. The summed E-state index contributed by atoms with van der Waals surface area (Å²) in [6.45, 7) is 3.71. The van der Waals surface area contributed by atoms with Gasteiger partial charge in [-0.3, -0.25) is 9.59 Å². The quantitative estimate of drug-likeness (QED) is 0.690. The van der Waals surface area contributed by atoms with Crippen LogP contribution in [-0.2, 0) is 14.3 Å². The topological polar surface area (TPSA) is 87.7 Å². The van der Waals surface area contributed by atoms with Crippen LogP contribution in [0.3, 0.4) is 0 Å². The Kier molecular flexibility index (Phi) is 6.80. The fourth-order valence-electron chi connectivity index (χ4n) is 1.62. The molecule has 6 nitrogen and oxygen atoms in total. The maximum Gasteiger partial charge on any atom is 0.313 e. The van der Waals surface area contributed by atoms with Crippen LogP contribution in [0, 0.1) is 6.92 Å². The van der Waals surface area contributed by atoms with E-state index in [0.29, 0.717) is 23.7 Å². The Morgan fingerprint density at radius 2 is 2.05 bits per heavy atom. The van der Waals surface area contributed by atoms with E-state index in [9.17, 15) is 14.7 Å². The first-order chi connectivity index (χ1) is 10.2. The molecule has 3 N–H and O–H groups in total. The molecule has 2 amide bonds. The summed E-state index contributed by atoms with van der Waals surface area (Å²) < 4.78 is 4.87. The number of aliphatic hydroxyl groups is 1. The van der Waals surface area contributed by atoms with E-state index in [4.69, 9.17) is 16.3 Å². The third kappa shape index (κ3) is 6.01. The number of amides is 2. The van der Waals surface area contributed by atoms with Crippen LogP contribution in [-0.4, -0.2) is 42.8 Å². The number of methoxy groups -OCH3 is 1. The zero-order valence-corrected chi connectivity index (χ0v) is 13.7. The molecule has 7 heteroatoms. The van der Waals surface area contributed by atoms with Gasteiger partial charge in [0.1, 0.15) is 0 Å². The summed E-state index contributed by atoms with van der Waals surface area (Å²) in [4.78, 5) is 23.5. The molecule has 0 spiro atoms. The number of carbonyl (C=O) groups is 2. The molecule has 1 atom stereocenters. The normalized spacial score (nSPS) is 13.3. The number of rotatable bonds is 6. The summed E-state index contributed by atoms with van der Waals surface area (Å²) in [5.74, 6) is -1.64. The fourth-order valence-corrected chi connectivity index (χ4v) is 1.80. The molecule has 0 heterocycles. The van der Waals surface area contributed by atoms with E-state index in [1.54, 1.807) is 25.1 Å². The van der Waals surface area contributed by atoms with Crippen LogP contribution in [0.15, 0.2) is 18.2 Å². The lowest BCUT2D eigenvalue weighted by molar-refractivity contribution is -0.136. The van der Waals surface area contributed by atoms with Gasteiger partial charge in [0.25, 0.3) is 0 Å². The van der Waals surface area contributed by atoms with Crippen LogP contribution in [0.1, 0.15) is 18.9 Å². The Morgan fingerprint density at radius 1 is 1.36 bits per heavy atom. The summed E-state index contributed by atoms with van der Waals surface area (Å²) in [5.41, 5.74) is 0.166. The number of hydrogen-bond acceptors (Lipinski definition) is 4. The van der Waals surface area contributed by atoms with Crippen molar-refractivity contribution < 1.29 is 19.4 Å². The van der Waals surface area contributed by atoms with E-state index in [0.717, 1.165) is 5.56 Å². The number of aryl methyl sites for hydroxylation is 1. The second-order valence-corrected chi connectivity index (χ2v) is 5.75. The van der Waals surface area contributed by atoms with E-state index < -0.39 is 17.4 Å². The number of ether oxygens (including phenoxy) is 1. The Hall–Kier alpha value is -1.63. The number of hydrogen-bond donors (Lipinski definition) is 3. The Labute approximate surface area is 134 Å². The zero-order chi connectivity index (χ0) is 16.8. The molecule has 0 bridgehead atoms. The number of anilines is 1. The van der Waals surface area contributed by atoms with Gasteiger partial charge in [-0.2, -0.15) is 0 Å². The van der Waals surface area contributed by atoms with Gasteiger partial charge in [0, 0.05) is 37.4 Å². The number of benzene rings is 1. The van der Waals surface area contributed by atoms with Gasteiger partial charge in [-0.1, -0.05) is 17.7 Å². The SMILES string of the molecule is COCCC(C)(O)CNC(=O)C(=O)Nc1ccc(C)c(Cl)c1. The maximum atomic E-state index is 11.8. The molecule has 22 heavy (non-hydrogen) atoms. The smallest absolute Gasteiger partial charge is 0.313 e. The standard InChI is InChI=1S/C15H21ClN2O4/c1-10-4-5-11(8-12(10)16)18-14(20)13(19)17-9-15(2,21)6-7-22-3/h4-5,8,21H,6-7,9H2,1-3H3,(H,17,19)(H,18,20). The van der Waals surface area contributed by atoms with Crippen LogP contribution in [0.4, 0.5) is 5.69 Å². The molecule has 1 aromatic carbocycles. The number of carbonyl (C=O) groups excluding carboxylic acids is 2. The number of nitrogens with one attached hydrogen (secondary N) is 2. The van der Waals surface area contributed by atoms with Gasteiger partial charge < -0.3 is 20.5 Å². The second kappa shape index (κ2) is 8.12. The second-order valence-electron chi connectivity index (χ2n) is 5.34. The number of halogens is 1. The highest BCUT2D eigenvalue weighted by atomic mass is 35.5. The van der Waals surface area contributed by atoms with Crippen LogP contribution in [0.5, 0.6) is 0 Å². The van der Waals surface area contributed by atoms with Crippen molar-refractivity contribution in [1.29, 1.82) is 0 Å². The predicted molar refractivity (Wildman–Crippen MR) is 84.9 cm³/mol. The van der Waals surface area contributed by atoms with Crippen molar-refractivity contribution >= 4 is 29.1 Å². The van der Waals surface area contributed by atoms with Crippen LogP contribution in [0.25, 0.3) is 0 Å². The van der Waals surface area contributed by atoms with Crippen LogP contribution in [0.2, 0.25) is 5.02 Å². The van der Waals surface area contributed by atoms with Crippen LogP contribution < -0.4 is 10.6 Å². The highest BCUT2D eigenvalue weighted by molar-refractivity contribution is 6.39. The lowest BCUT2D eigenvalue weighted by atomic mass is 10.0. The Bertz CT molecular complexity index is 546. The average molecular weight is 329 g/mol. The largest absolute Gasteiger partial charge is 0.388 e. The molecule has 122 valence electrons. The Morgan fingerprint density at radius 3 is 2.64 bits per heavy atom. The first-order valence-corrected chi connectivity index (χ1v) is 7.19. The highest BCUT2D eigenvalue weighted by Crippen LogP contribution is 2.19. The van der Waals surface area contributed by atoms with E-state index in [-0.39, 0.29) is 6.54 Å². The van der Waals surface area contributed by atoms with Crippen molar-refractivity contribution in [2.75, 3.05) is 25.6 Å². The van der Waals surface area contributed by atoms with Gasteiger partial charge >= 0.3 is 11.8 Å². The Balaban J connectivity index is 2.51.